The third kappa shape index (κ3) is 5.69. The Kier molecular flexibility index (Phi) is 7.70. The monoisotopic (exact) mass is 478 g/mol. The highest BCUT2D eigenvalue weighted by molar-refractivity contribution is 7.16. The van der Waals surface area contributed by atoms with Crippen molar-refractivity contribution in [1.29, 1.82) is 0 Å². The van der Waals surface area contributed by atoms with Gasteiger partial charge in [-0.15, -0.1) is 11.3 Å². The Hall–Kier alpha value is -3.10. The molecular formula is C26H34N6OS. The zero-order valence-electron chi connectivity index (χ0n) is 20.2. The smallest absolute Gasteiger partial charge is 0.183 e. The van der Waals surface area contributed by atoms with E-state index in [1.165, 1.54) is 24.3 Å². The summed E-state index contributed by atoms with van der Waals surface area (Å²) in [6.07, 6.45) is 6.27. The summed E-state index contributed by atoms with van der Waals surface area (Å²) in [6, 6.07) is 14.1. The number of rotatable bonds is 8. The number of nitrogens with two attached hydrogens (primary N) is 2. The van der Waals surface area contributed by atoms with Crippen molar-refractivity contribution >= 4 is 22.2 Å². The van der Waals surface area contributed by atoms with Crippen molar-refractivity contribution in [3.05, 3.63) is 64.4 Å². The lowest BCUT2D eigenvalue weighted by Gasteiger charge is -2.24. The minimum Gasteiger partial charge on any atom is -0.489 e. The zero-order valence-corrected chi connectivity index (χ0v) is 21.0. The minimum absolute atomic E-state index is 0.283. The van der Waals surface area contributed by atoms with Crippen LogP contribution in [0.4, 0.5) is 5.13 Å². The first kappa shape index (κ1) is 24.0. The highest BCUT2D eigenvalue weighted by Crippen LogP contribution is 2.31. The number of aromatic nitrogens is 2. The number of pyridine rings is 1. The normalized spacial score (nSPS) is 15.1. The number of ether oxygens (including phenoxy) is 1. The Balaban J connectivity index is 1.49. The molecule has 0 aliphatic heterocycles. The zero-order chi connectivity index (χ0) is 24.1. The van der Waals surface area contributed by atoms with Crippen molar-refractivity contribution in [2.45, 2.75) is 52.1 Å². The SMILES string of the molecule is Cc1nc(/C(N)=C(\CNc2nc(-c3ccccc3)c(C)s2)N(C)N)ccc1OC1CCCCC1. The van der Waals surface area contributed by atoms with Crippen LogP contribution in [0.25, 0.3) is 17.0 Å². The number of hydrazine groups is 1. The van der Waals surface area contributed by atoms with Crippen LogP contribution in [-0.4, -0.2) is 34.7 Å². The molecule has 0 unspecified atom stereocenters. The Morgan fingerprint density at radius 3 is 2.50 bits per heavy atom. The molecule has 8 heteroatoms. The first-order valence-electron chi connectivity index (χ1n) is 11.8. The van der Waals surface area contributed by atoms with Crippen LogP contribution in [0.2, 0.25) is 0 Å². The summed E-state index contributed by atoms with van der Waals surface area (Å²) in [5.41, 5.74) is 11.4. The maximum Gasteiger partial charge on any atom is 0.183 e. The second-order valence-electron chi connectivity index (χ2n) is 8.77. The number of benzene rings is 1. The summed E-state index contributed by atoms with van der Waals surface area (Å²) in [5, 5.41) is 5.74. The molecule has 0 bridgehead atoms. The molecule has 1 aliphatic rings. The van der Waals surface area contributed by atoms with Gasteiger partial charge in [0.05, 0.1) is 41.1 Å². The van der Waals surface area contributed by atoms with Gasteiger partial charge in [-0.1, -0.05) is 36.8 Å². The molecule has 0 spiro atoms. The maximum atomic E-state index is 6.53. The Bertz CT molecular complexity index is 1140. The number of thiazole rings is 1. The molecule has 1 aromatic carbocycles. The molecule has 3 aromatic rings. The summed E-state index contributed by atoms with van der Waals surface area (Å²) < 4.78 is 6.21. The van der Waals surface area contributed by atoms with Crippen LogP contribution in [0.1, 0.15) is 48.4 Å². The number of aryl methyl sites for hydroxylation is 2. The van der Waals surface area contributed by atoms with Gasteiger partial charge in [0.15, 0.2) is 5.13 Å². The van der Waals surface area contributed by atoms with Crippen molar-refractivity contribution < 1.29 is 4.74 Å². The van der Waals surface area contributed by atoms with Crippen LogP contribution in [0.15, 0.2) is 48.2 Å². The van der Waals surface area contributed by atoms with Crippen molar-refractivity contribution in [3.8, 4) is 17.0 Å². The average Bonchev–Trinajstić information content (AvgIpc) is 3.21. The standard InChI is InChI=1S/C26H34N6OS/c1-17-23(33-20-12-8-5-9-13-20)15-14-21(30-17)24(27)22(32(3)28)16-29-26-31-25(18(2)34-26)19-10-6-4-7-11-19/h4,6-7,10-11,14-15,20H,5,8-9,12-13,16,27-28H2,1-3H3,(H,29,31)/b24-22-. The molecule has 34 heavy (non-hydrogen) atoms. The quantitative estimate of drug-likeness (QED) is 0.306. The van der Waals surface area contributed by atoms with Crippen molar-refractivity contribution in [3.63, 3.8) is 0 Å². The average molecular weight is 479 g/mol. The fraction of sp³-hybridized carbons (Fsp3) is 0.385. The largest absolute Gasteiger partial charge is 0.489 e. The van der Waals surface area contributed by atoms with Crippen LogP contribution in [0, 0.1) is 13.8 Å². The van der Waals surface area contributed by atoms with E-state index in [2.05, 4.69) is 24.4 Å². The van der Waals surface area contributed by atoms with Crippen LogP contribution >= 0.6 is 11.3 Å². The van der Waals surface area contributed by atoms with E-state index in [1.807, 2.05) is 37.3 Å². The minimum atomic E-state index is 0.283. The number of hydrogen-bond acceptors (Lipinski definition) is 8. The van der Waals surface area contributed by atoms with E-state index < -0.39 is 0 Å². The third-order valence-corrected chi connectivity index (χ3v) is 7.08. The van der Waals surface area contributed by atoms with E-state index in [-0.39, 0.29) is 6.10 Å². The fourth-order valence-electron chi connectivity index (χ4n) is 4.24. The lowest BCUT2D eigenvalue weighted by atomic mass is 9.98. The molecule has 0 atom stereocenters. The van der Waals surface area contributed by atoms with Gasteiger partial charge in [0.25, 0.3) is 0 Å². The topological polar surface area (TPSA) is 102 Å². The summed E-state index contributed by atoms with van der Waals surface area (Å²) in [4.78, 5) is 10.7. The molecule has 1 fully saturated rings. The molecular weight excluding hydrogens is 444 g/mol. The van der Waals surface area contributed by atoms with Gasteiger partial charge in [-0.3, -0.25) is 0 Å². The van der Waals surface area contributed by atoms with Crippen LogP contribution in [-0.2, 0) is 0 Å². The van der Waals surface area contributed by atoms with E-state index in [9.17, 15) is 0 Å². The van der Waals surface area contributed by atoms with E-state index in [0.717, 1.165) is 51.2 Å². The van der Waals surface area contributed by atoms with Gasteiger partial charge in [-0.05, 0) is 51.7 Å². The maximum absolute atomic E-state index is 6.53. The van der Waals surface area contributed by atoms with Crippen molar-refractivity contribution in [1.82, 2.24) is 15.0 Å². The lowest BCUT2D eigenvalue weighted by Crippen LogP contribution is -2.32. The first-order valence-corrected chi connectivity index (χ1v) is 12.6. The summed E-state index contributed by atoms with van der Waals surface area (Å²) in [5.74, 6) is 6.97. The van der Waals surface area contributed by atoms with Gasteiger partial charge in [0.2, 0.25) is 0 Å². The van der Waals surface area contributed by atoms with Crippen LogP contribution in [0.5, 0.6) is 5.75 Å². The van der Waals surface area contributed by atoms with E-state index in [1.54, 1.807) is 18.4 Å². The van der Waals surface area contributed by atoms with Gasteiger partial charge >= 0.3 is 0 Å². The summed E-state index contributed by atoms with van der Waals surface area (Å²) in [6.45, 7) is 4.47. The molecule has 2 heterocycles. The Morgan fingerprint density at radius 1 is 1.09 bits per heavy atom. The lowest BCUT2D eigenvalue weighted by molar-refractivity contribution is 0.153. The molecule has 2 aromatic heterocycles. The number of likely N-dealkylation sites (N-methyl/N-ethyl adjacent to an activating group) is 1. The summed E-state index contributed by atoms with van der Waals surface area (Å²) >= 11 is 1.61. The predicted molar refractivity (Wildman–Crippen MR) is 140 cm³/mol. The van der Waals surface area contributed by atoms with E-state index >= 15 is 0 Å². The number of hydrogen-bond donors (Lipinski definition) is 3. The second kappa shape index (κ2) is 10.9. The number of anilines is 1. The van der Waals surface area contributed by atoms with Gasteiger partial charge in [0, 0.05) is 17.5 Å². The molecule has 0 saturated heterocycles. The fourth-order valence-corrected chi connectivity index (χ4v) is 5.07. The molecule has 1 aliphatic carbocycles. The second-order valence-corrected chi connectivity index (χ2v) is 9.98. The van der Waals surface area contributed by atoms with Crippen LogP contribution in [0.3, 0.4) is 0 Å². The first-order chi connectivity index (χ1) is 16.4. The molecule has 7 nitrogen and oxygen atoms in total. The highest BCUT2D eigenvalue weighted by Gasteiger charge is 2.18. The molecule has 1 saturated carbocycles. The van der Waals surface area contributed by atoms with E-state index in [4.69, 9.17) is 26.3 Å². The van der Waals surface area contributed by atoms with Crippen LogP contribution < -0.4 is 21.6 Å². The predicted octanol–water partition coefficient (Wildman–Crippen LogP) is 5.08. The van der Waals surface area contributed by atoms with Gasteiger partial charge < -0.3 is 20.8 Å². The van der Waals surface area contributed by atoms with Gasteiger partial charge in [-0.2, -0.15) is 0 Å². The van der Waals surface area contributed by atoms with Crippen molar-refractivity contribution in [2.75, 3.05) is 18.9 Å². The number of nitrogens with one attached hydrogen (secondary N) is 1. The number of nitrogens with zero attached hydrogens (tertiary/aromatic N) is 3. The molecule has 5 N–H and O–H groups in total. The Morgan fingerprint density at radius 2 is 1.82 bits per heavy atom. The third-order valence-electron chi connectivity index (χ3n) is 6.15. The van der Waals surface area contributed by atoms with Crippen molar-refractivity contribution in [2.24, 2.45) is 11.6 Å². The Labute approximate surface area is 205 Å². The van der Waals surface area contributed by atoms with Gasteiger partial charge in [0.1, 0.15) is 5.75 Å². The highest BCUT2D eigenvalue weighted by atomic mass is 32.1. The van der Waals surface area contributed by atoms with Gasteiger partial charge in [-0.25, -0.2) is 15.8 Å². The van der Waals surface area contributed by atoms with E-state index in [0.29, 0.717) is 17.9 Å². The summed E-state index contributed by atoms with van der Waals surface area (Å²) in [7, 11) is 1.78. The molecule has 4 rings (SSSR count). The molecule has 180 valence electrons. The molecule has 0 radical (unpaired) electrons. The molecule has 0 amide bonds.